The molecule has 1 amide bonds. The van der Waals surface area contributed by atoms with Crippen LogP contribution >= 0.6 is 11.6 Å². The standard InChI is InChI=1S/C18H18ClN3O3/c1-21(12-17(23)20-14-7-3-2-6-13(14)19)10-11-22-15-8-4-5-9-16(15)25-18(22)24/h2-9H,10-12H2,1H3,(H,20,23). The number of nitrogens with zero attached hydrogens (tertiary/aromatic N) is 2. The number of anilines is 1. The first-order chi connectivity index (χ1) is 12.0. The van der Waals surface area contributed by atoms with Crippen molar-refractivity contribution in [1.29, 1.82) is 0 Å². The number of carbonyl (C=O) groups excluding carboxylic acids is 1. The first-order valence-electron chi connectivity index (χ1n) is 7.86. The van der Waals surface area contributed by atoms with Gasteiger partial charge in [0, 0.05) is 13.1 Å². The number of oxazole rings is 1. The molecule has 7 heteroatoms. The van der Waals surface area contributed by atoms with Gasteiger partial charge < -0.3 is 9.73 Å². The van der Waals surface area contributed by atoms with Crippen LogP contribution in [0.15, 0.2) is 57.7 Å². The van der Waals surface area contributed by atoms with E-state index in [0.717, 1.165) is 5.52 Å². The Morgan fingerprint density at radius 2 is 1.92 bits per heavy atom. The Hall–Kier alpha value is -2.57. The monoisotopic (exact) mass is 359 g/mol. The number of halogens is 1. The molecule has 25 heavy (non-hydrogen) atoms. The molecule has 0 fully saturated rings. The van der Waals surface area contributed by atoms with E-state index >= 15 is 0 Å². The highest BCUT2D eigenvalue weighted by Gasteiger charge is 2.12. The zero-order chi connectivity index (χ0) is 17.8. The summed E-state index contributed by atoms with van der Waals surface area (Å²) in [6.07, 6.45) is 0. The van der Waals surface area contributed by atoms with Gasteiger partial charge in [-0.15, -0.1) is 0 Å². The predicted octanol–water partition coefficient (Wildman–Crippen LogP) is 2.82. The van der Waals surface area contributed by atoms with Crippen molar-refractivity contribution in [2.24, 2.45) is 0 Å². The first-order valence-corrected chi connectivity index (χ1v) is 8.23. The van der Waals surface area contributed by atoms with Gasteiger partial charge in [-0.1, -0.05) is 35.9 Å². The number of likely N-dealkylation sites (N-methyl/N-ethyl adjacent to an activating group) is 1. The van der Waals surface area contributed by atoms with Gasteiger partial charge in [-0.05, 0) is 31.3 Å². The minimum atomic E-state index is -0.393. The van der Waals surface area contributed by atoms with Crippen LogP contribution in [0.3, 0.4) is 0 Å². The van der Waals surface area contributed by atoms with Gasteiger partial charge in [0.05, 0.1) is 22.8 Å². The largest absolute Gasteiger partial charge is 0.419 e. The summed E-state index contributed by atoms with van der Waals surface area (Å²) >= 11 is 6.03. The average molecular weight is 360 g/mol. The van der Waals surface area contributed by atoms with Crippen molar-refractivity contribution in [3.05, 3.63) is 64.1 Å². The highest BCUT2D eigenvalue weighted by Crippen LogP contribution is 2.20. The van der Waals surface area contributed by atoms with Crippen molar-refractivity contribution in [2.75, 3.05) is 25.5 Å². The lowest BCUT2D eigenvalue weighted by atomic mass is 10.3. The van der Waals surface area contributed by atoms with Crippen LogP contribution in [0.4, 0.5) is 5.69 Å². The zero-order valence-corrected chi connectivity index (χ0v) is 14.5. The molecule has 6 nitrogen and oxygen atoms in total. The minimum Gasteiger partial charge on any atom is -0.408 e. The summed E-state index contributed by atoms with van der Waals surface area (Å²) in [4.78, 5) is 25.9. The van der Waals surface area contributed by atoms with E-state index in [2.05, 4.69) is 5.32 Å². The molecule has 0 radical (unpaired) electrons. The Morgan fingerprint density at radius 1 is 1.20 bits per heavy atom. The highest BCUT2D eigenvalue weighted by atomic mass is 35.5. The molecule has 1 aromatic heterocycles. The molecule has 2 aromatic carbocycles. The molecule has 0 bridgehead atoms. The molecule has 130 valence electrons. The van der Waals surface area contributed by atoms with E-state index in [-0.39, 0.29) is 12.5 Å². The number of fused-ring (bicyclic) bond motifs is 1. The fourth-order valence-electron chi connectivity index (χ4n) is 2.57. The maximum absolute atomic E-state index is 12.1. The lowest BCUT2D eigenvalue weighted by molar-refractivity contribution is -0.117. The molecular weight excluding hydrogens is 342 g/mol. The summed E-state index contributed by atoms with van der Waals surface area (Å²) in [5.41, 5.74) is 1.90. The van der Waals surface area contributed by atoms with Crippen molar-refractivity contribution in [3.63, 3.8) is 0 Å². The molecule has 0 aliphatic carbocycles. The molecule has 1 heterocycles. The summed E-state index contributed by atoms with van der Waals surface area (Å²) in [7, 11) is 1.82. The molecule has 3 aromatic rings. The van der Waals surface area contributed by atoms with Crippen LogP contribution in [0.5, 0.6) is 0 Å². The van der Waals surface area contributed by atoms with Crippen LogP contribution in [0.25, 0.3) is 11.1 Å². The van der Waals surface area contributed by atoms with E-state index in [1.165, 1.54) is 0 Å². The number of para-hydroxylation sites is 3. The smallest absolute Gasteiger partial charge is 0.408 e. The van der Waals surface area contributed by atoms with Crippen molar-refractivity contribution in [2.45, 2.75) is 6.54 Å². The van der Waals surface area contributed by atoms with Gasteiger partial charge in [0.15, 0.2) is 5.58 Å². The fraction of sp³-hybridized carbons (Fsp3) is 0.222. The number of benzene rings is 2. The third-order valence-corrected chi connectivity index (χ3v) is 4.17. The molecule has 0 spiro atoms. The molecule has 0 unspecified atom stereocenters. The summed E-state index contributed by atoms with van der Waals surface area (Å²) in [5, 5.41) is 3.27. The molecule has 0 aliphatic rings. The van der Waals surface area contributed by atoms with E-state index in [4.69, 9.17) is 16.0 Å². The quantitative estimate of drug-likeness (QED) is 0.735. The second kappa shape index (κ2) is 7.55. The van der Waals surface area contributed by atoms with Crippen molar-refractivity contribution in [1.82, 2.24) is 9.47 Å². The van der Waals surface area contributed by atoms with Gasteiger partial charge in [0.2, 0.25) is 5.91 Å². The molecular formula is C18H18ClN3O3. The lowest BCUT2D eigenvalue weighted by Gasteiger charge is -2.16. The van der Waals surface area contributed by atoms with Crippen LogP contribution in [0, 0.1) is 0 Å². The molecule has 0 aliphatic heterocycles. The van der Waals surface area contributed by atoms with Crippen molar-refractivity contribution < 1.29 is 9.21 Å². The zero-order valence-electron chi connectivity index (χ0n) is 13.7. The number of aromatic nitrogens is 1. The average Bonchev–Trinajstić information content (AvgIpc) is 2.90. The number of hydrogen-bond donors (Lipinski definition) is 1. The normalized spacial score (nSPS) is 11.2. The van der Waals surface area contributed by atoms with E-state index < -0.39 is 5.76 Å². The van der Waals surface area contributed by atoms with E-state index in [1.807, 2.05) is 36.2 Å². The topological polar surface area (TPSA) is 67.5 Å². The molecule has 0 saturated carbocycles. The van der Waals surface area contributed by atoms with Crippen LogP contribution in [-0.4, -0.2) is 35.5 Å². The van der Waals surface area contributed by atoms with E-state index in [0.29, 0.717) is 29.4 Å². The molecule has 1 N–H and O–H groups in total. The van der Waals surface area contributed by atoms with Crippen molar-refractivity contribution >= 4 is 34.3 Å². The van der Waals surface area contributed by atoms with E-state index in [1.54, 1.807) is 28.8 Å². The van der Waals surface area contributed by atoms with Crippen LogP contribution in [0.1, 0.15) is 0 Å². The maximum Gasteiger partial charge on any atom is 0.419 e. The number of nitrogens with one attached hydrogen (secondary N) is 1. The number of hydrogen-bond acceptors (Lipinski definition) is 4. The third-order valence-electron chi connectivity index (χ3n) is 3.84. The summed E-state index contributed by atoms with van der Waals surface area (Å²) in [5.74, 6) is -0.560. The minimum absolute atomic E-state index is 0.167. The summed E-state index contributed by atoms with van der Waals surface area (Å²) in [6.45, 7) is 1.15. The Morgan fingerprint density at radius 3 is 2.72 bits per heavy atom. The van der Waals surface area contributed by atoms with E-state index in [9.17, 15) is 9.59 Å². The SMILES string of the molecule is CN(CCn1c(=O)oc2ccccc21)CC(=O)Nc1ccccc1Cl. The van der Waals surface area contributed by atoms with Crippen molar-refractivity contribution in [3.8, 4) is 0 Å². The molecule has 0 saturated heterocycles. The summed E-state index contributed by atoms with van der Waals surface area (Å²) in [6, 6.07) is 14.3. The van der Waals surface area contributed by atoms with Gasteiger partial charge in [-0.3, -0.25) is 14.3 Å². The van der Waals surface area contributed by atoms with Gasteiger partial charge in [0.1, 0.15) is 0 Å². The number of amides is 1. The predicted molar refractivity (Wildman–Crippen MR) is 98.1 cm³/mol. The van der Waals surface area contributed by atoms with Crippen LogP contribution in [0.2, 0.25) is 5.02 Å². The van der Waals surface area contributed by atoms with Gasteiger partial charge in [-0.2, -0.15) is 0 Å². The Labute approximate surface area is 149 Å². The highest BCUT2D eigenvalue weighted by molar-refractivity contribution is 6.33. The molecule has 3 rings (SSSR count). The fourth-order valence-corrected chi connectivity index (χ4v) is 2.76. The summed E-state index contributed by atoms with van der Waals surface area (Å²) < 4.78 is 6.77. The maximum atomic E-state index is 12.1. The van der Waals surface area contributed by atoms with Gasteiger partial charge in [0.25, 0.3) is 0 Å². The number of rotatable bonds is 6. The second-order valence-electron chi connectivity index (χ2n) is 5.75. The van der Waals surface area contributed by atoms with Gasteiger partial charge in [-0.25, -0.2) is 4.79 Å². The molecule has 0 atom stereocenters. The third kappa shape index (κ3) is 4.10. The van der Waals surface area contributed by atoms with Crippen LogP contribution < -0.4 is 11.1 Å². The van der Waals surface area contributed by atoms with Gasteiger partial charge >= 0.3 is 5.76 Å². The second-order valence-corrected chi connectivity index (χ2v) is 6.16. The Bertz CT molecular complexity index is 948. The number of carbonyl (C=O) groups is 1. The Balaban J connectivity index is 1.58. The lowest BCUT2D eigenvalue weighted by Crippen LogP contribution is -2.33. The Kier molecular flexibility index (Phi) is 5.21. The first kappa shape index (κ1) is 17.3. The van der Waals surface area contributed by atoms with Crippen LogP contribution in [-0.2, 0) is 11.3 Å².